The van der Waals surface area contributed by atoms with Gasteiger partial charge in [-0.15, -0.1) is 10.2 Å². The third-order valence-electron chi connectivity index (χ3n) is 3.40. The smallest absolute Gasteiger partial charge is 0.283 e. The van der Waals surface area contributed by atoms with E-state index in [0.717, 1.165) is 28.6 Å². The van der Waals surface area contributed by atoms with Gasteiger partial charge >= 0.3 is 0 Å². The molecule has 0 aliphatic heterocycles. The van der Waals surface area contributed by atoms with Gasteiger partial charge in [0.2, 0.25) is 0 Å². The highest BCUT2D eigenvalue weighted by Crippen LogP contribution is 2.33. The fourth-order valence-electron chi connectivity index (χ4n) is 2.13. The van der Waals surface area contributed by atoms with Gasteiger partial charge in [0.1, 0.15) is 5.75 Å². The highest BCUT2D eigenvalue weighted by molar-refractivity contribution is 7.99. The van der Waals surface area contributed by atoms with Crippen LogP contribution in [0.4, 0.5) is 5.69 Å². The van der Waals surface area contributed by atoms with Crippen molar-refractivity contribution in [1.82, 2.24) is 10.2 Å². The summed E-state index contributed by atoms with van der Waals surface area (Å²) in [4.78, 5) is 11.0. The molecular formula is C17H15N3O4S. The number of hydrogen-bond acceptors (Lipinski definition) is 7. The van der Waals surface area contributed by atoms with Gasteiger partial charge in [0.25, 0.3) is 16.8 Å². The number of rotatable bonds is 6. The van der Waals surface area contributed by atoms with Gasteiger partial charge in [-0.05, 0) is 48.9 Å². The van der Waals surface area contributed by atoms with E-state index in [1.807, 2.05) is 32.0 Å². The second kappa shape index (κ2) is 7.35. The zero-order valence-electron chi connectivity index (χ0n) is 13.6. The molecular weight excluding hydrogens is 342 g/mol. The lowest BCUT2D eigenvalue weighted by Gasteiger charge is -2.07. The van der Waals surface area contributed by atoms with Crippen LogP contribution in [-0.4, -0.2) is 15.1 Å². The van der Waals surface area contributed by atoms with Crippen LogP contribution < -0.4 is 4.74 Å². The van der Waals surface area contributed by atoms with Crippen molar-refractivity contribution in [2.75, 3.05) is 0 Å². The Morgan fingerprint density at radius 1 is 1.20 bits per heavy atom. The number of aryl methyl sites for hydroxylation is 2. The predicted octanol–water partition coefficient (Wildman–Crippen LogP) is 4.32. The van der Waals surface area contributed by atoms with E-state index in [1.54, 1.807) is 18.2 Å². The third kappa shape index (κ3) is 4.16. The highest BCUT2D eigenvalue weighted by atomic mass is 32.2. The molecule has 0 unspecified atom stereocenters. The summed E-state index contributed by atoms with van der Waals surface area (Å²) in [5, 5.41) is 19.1. The molecule has 7 nitrogen and oxygen atoms in total. The molecule has 0 saturated carbocycles. The fourth-order valence-corrected chi connectivity index (χ4v) is 2.93. The normalized spacial score (nSPS) is 10.6. The summed E-state index contributed by atoms with van der Waals surface area (Å²) in [6.07, 6.45) is 0. The Balaban J connectivity index is 1.69. The van der Waals surface area contributed by atoms with Crippen LogP contribution in [0.5, 0.6) is 5.75 Å². The second-order valence-electron chi connectivity index (χ2n) is 5.35. The van der Waals surface area contributed by atoms with Crippen LogP contribution in [0.2, 0.25) is 0 Å². The molecule has 0 saturated heterocycles. The predicted molar refractivity (Wildman–Crippen MR) is 91.8 cm³/mol. The summed E-state index contributed by atoms with van der Waals surface area (Å²) < 4.78 is 11.2. The standard InChI is InChI=1S/C17H15N3O4S/c1-11-7-8-12(2)14(9-11)23-10-16-18-19-17(24-16)25-15-6-4-3-5-13(15)20(21)22/h3-9H,10H2,1-2H3. The molecule has 1 heterocycles. The first kappa shape index (κ1) is 17.0. The van der Waals surface area contributed by atoms with Crippen LogP contribution in [0, 0.1) is 24.0 Å². The van der Waals surface area contributed by atoms with Crippen LogP contribution in [0.1, 0.15) is 17.0 Å². The Kier molecular flexibility index (Phi) is 4.99. The number of nitro groups is 1. The van der Waals surface area contributed by atoms with E-state index in [0.29, 0.717) is 10.8 Å². The van der Waals surface area contributed by atoms with E-state index in [-0.39, 0.29) is 17.5 Å². The molecule has 1 aromatic heterocycles. The molecule has 0 atom stereocenters. The number of aromatic nitrogens is 2. The summed E-state index contributed by atoms with van der Waals surface area (Å²) in [6.45, 7) is 4.08. The maximum absolute atomic E-state index is 11.0. The Morgan fingerprint density at radius 2 is 2.00 bits per heavy atom. The van der Waals surface area contributed by atoms with E-state index < -0.39 is 4.92 Å². The van der Waals surface area contributed by atoms with Crippen LogP contribution >= 0.6 is 11.8 Å². The summed E-state index contributed by atoms with van der Waals surface area (Å²) in [7, 11) is 0. The van der Waals surface area contributed by atoms with Gasteiger partial charge in [-0.25, -0.2) is 0 Å². The van der Waals surface area contributed by atoms with Gasteiger partial charge in [-0.1, -0.05) is 24.3 Å². The molecule has 0 N–H and O–H groups in total. The third-order valence-corrected chi connectivity index (χ3v) is 4.31. The van der Waals surface area contributed by atoms with Gasteiger partial charge in [-0.2, -0.15) is 0 Å². The van der Waals surface area contributed by atoms with Gasteiger partial charge in [0.15, 0.2) is 6.61 Å². The lowest BCUT2D eigenvalue weighted by atomic mass is 10.1. The first-order valence-corrected chi connectivity index (χ1v) is 8.28. The van der Waals surface area contributed by atoms with E-state index in [9.17, 15) is 10.1 Å². The number of nitro benzene ring substituents is 1. The lowest BCUT2D eigenvalue weighted by molar-refractivity contribution is -0.387. The number of benzene rings is 2. The van der Waals surface area contributed by atoms with Crippen LogP contribution in [-0.2, 0) is 6.61 Å². The first-order valence-electron chi connectivity index (χ1n) is 7.46. The van der Waals surface area contributed by atoms with E-state index in [2.05, 4.69) is 10.2 Å². The zero-order valence-corrected chi connectivity index (χ0v) is 14.4. The molecule has 2 aromatic carbocycles. The van der Waals surface area contributed by atoms with Crippen LogP contribution in [0.15, 0.2) is 57.0 Å². The van der Waals surface area contributed by atoms with Crippen molar-refractivity contribution in [3.63, 3.8) is 0 Å². The molecule has 8 heteroatoms. The number of nitrogens with zero attached hydrogens (tertiary/aromatic N) is 3. The van der Waals surface area contributed by atoms with Crippen LogP contribution in [0.25, 0.3) is 0 Å². The van der Waals surface area contributed by atoms with E-state index in [1.165, 1.54) is 6.07 Å². The minimum absolute atomic E-state index is 0.00103. The molecule has 0 fully saturated rings. The topological polar surface area (TPSA) is 91.3 Å². The molecule has 0 radical (unpaired) electrons. The molecule has 0 aliphatic rings. The Hall–Kier alpha value is -2.87. The second-order valence-corrected chi connectivity index (χ2v) is 6.34. The van der Waals surface area contributed by atoms with Crippen molar-refractivity contribution in [3.05, 3.63) is 69.6 Å². The van der Waals surface area contributed by atoms with Gasteiger partial charge in [-0.3, -0.25) is 10.1 Å². The molecule has 3 aromatic rings. The average Bonchev–Trinajstić information content (AvgIpc) is 3.03. The first-order chi connectivity index (χ1) is 12.0. The van der Waals surface area contributed by atoms with Crippen molar-refractivity contribution in [3.8, 4) is 5.75 Å². The molecule has 0 amide bonds. The number of hydrogen-bond donors (Lipinski definition) is 0. The fraction of sp³-hybridized carbons (Fsp3) is 0.176. The molecule has 128 valence electrons. The summed E-state index contributed by atoms with van der Waals surface area (Å²) in [5.41, 5.74) is 2.11. The van der Waals surface area contributed by atoms with Crippen molar-refractivity contribution in [1.29, 1.82) is 0 Å². The monoisotopic (exact) mass is 357 g/mol. The van der Waals surface area contributed by atoms with Crippen molar-refractivity contribution >= 4 is 17.4 Å². The summed E-state index contributed by atoms with van der Waals surface area (Å²) in [5.74, 6) is 1.06. The Labute approximate surface area is 148 Å². The highest BCUT2D eigenvalue weighted by Gasteiger charge is 2.17. The van der Waals surface area contributed by atoms with Gasteiger partial charge in [0.05, 0.1) is 9.82 Å². The summed E-state index contributed by atoms with van der Waals surface area (Å²) in [6, 6.07) is 12.3. The molecule has 3 rings (SSSR count). The van der Waals surface area contributed by atoms with Crippen molar-refractivity contribution < 1.29 is 14.1 Å². The molecule has 0 bridgehead atoms. The molecule has 25 heavy (non-hydrogen) atoms. The maximum atomic E-state index is 11.0. The SMILES string of the molecule is Cc1ccc(C)c(OCc2nnc(Sc3ccccc3[N+](=O)[O-])o2)c1. The molecule has 0 spiro atoms. The minimum atomic E-state index is -0.441. The Bertz CT molecular complexity index is 910. The van der Waals surface area contributed by atoms with Crippen molar-refractivity contribution in [2.24, 2.45) is 0 Å². The van der Waals surface area contributed by atoms with Gasteiger partial charge < -0.3 is 9.15 Å². The van der Waals surface area contributed by atoms with Crippen molar-refractivity contribution in [2.45, 2.75) is 30.6 Å². The quantitative estimate of drug-likeness (QED) is 0.479. The van der Waals surface area contributed by atoms with Gasteiger partial charge in [0, 0.05) is 6.07 Å². The lowest BCUT2D eigenvalue weighted by Crippen LogP contribution is -1.97. The number of para-hydroxylation sites is 1. The van der Waals surface area contributed by atoms with Crippen LogP contribution in [0.3, 0.4) is 0 Å². The van der Waals surface area contributed by atoms with E-state index in [4.69, 9.17) is 9.15 Å². The summed E-state index contributed by atoms with van der Waals surface area (Å²) >= 11 is 1.05. The minimum Gasteiger partial charge on any atom is -0.484 e. The number of ether oxygens (including phenoxy) is 1. The average molecular weight is 357 g/mol. The Morgan fingerprint density at radius 3 is 2.80 bits per heavy atom. The zero-order chi connectivity index (χ0) is 17.8. The molecule has 0 aliphatic carbocycles. The van der Waals surface area contributed by atoms with E-state index >= 15 is 0 Å². The largest absolute Gasteiger partial charge is 0.484 e. The maximum Gasteiger partial charge on any atom is 0.283 e.